The maximum absolute atomic E-state index is 11.9. The monoisotopic (exact) mass is 238 g/mol. The number of hydrogen-bond acceptors (Lipinski definition) is 5. The lowest BCUT2D eigenvalue weighted by Gasteiger charge is -2.12. The molecule has 0 bridgehead atoms. The Hall–Kier alpha value is -1.20. The van der Waals surface area contributed by atoms with Crippen molar-refractivity contribution in [1.82, 2.24) is 4.98 Å². The highest BCUT2D eigenvalue weighted by atomic mass is 32.1. The topological polar surface area (TPSA) is 65.2 Å². The zero-order valence-corrected chi connectivity index (χ0v) is 9.76. The van der Waals surface area contributed by atoms with Crippen molar-refractivity contribution < 1.29 is 9.53 Å². The van der Waals surface area contributed by atoms with Crippen LogP contribution in [0, 0.1) is 0 Å². The van der Waals surface area contributed by atoms with Crippen molar-refractivity contribution in [3.63, 3.8) is 0 Å². The molecule has 1 aromatic heterocycles. The molecule has 2 N–H and O–H groups in total. The van der Waals surface area contributed by atoms with Crippen LogP contribution in [-0.2, 0) is 11.2 Å². The van der Waals surface area contributed by atoms with Gasteiger partial charge in [0.2, 0.25) is 5.78 Å². The second-order valence-corrected chi connectivity index (χ2v) is 4.50. The Bertz CT molecular complexity index is 412. The van der Waals surface area contributed by atoms with Gasteiger partial charge < -0.3 is 10.5 Å². The summed E-state index contributed by atoms with van der Waals surface area (Å²) in [5.41, 5.74) is 5.91. The maximum Gasteiger partial charge on any atom is 0.246 e. The van der Waals surface area contributed by atoms with E-state index in [0.717, 1.165) is 24.3 Å². The molecule has 1 aliphatic heterocycles. The highest BCUT2D eigenvalue weighted by molar-refractivity contribution is 7.09. The number of ketones is 1. The number of carbonyl (C=O) groups excluding carboxylic acids is 1. The number of nitrogens with two attached hydrogens (primary N) is 1. The van der Waals surface area contributed by atoms with Gasteiger partial charge in [-0.05, 0) is 25.5 Å². The van der Waals surface area contributed by atoms with E-state index in [1.54, 1.807) is 5.38 Å². The first-order valence-electron chi connectivity index (χ1n) is 5.33. The van der Waals surface area contributed by atoms with Crippen LogP contribution in [0.5, 0.6) is 0 Å². The third kappa shape index (κ3) is 2.48. The Morgan fingerprint density at radius 1 is 1.62 bits per heavy atom. The quantitative estimate of drug-likeness (QED) is 0.808. The van der Waals surface area contributed by atoms with Crippen LogP contribution in [0.1, 0.15) is 28.3 Å². The molecule has 0 amide bonds. The lowest BCUT2D eigenvalue weighted by atomic mass is 10.2. The predicted molar refractivity (Wildman–Crippen MR) is 62.5 cm³/mol. The summed E-state index contributed by atoms with van der Waals surface area (Å²) in [4.78, 5) is 16.2. The molecule has 0 radical (unpaired) electrons. The van der Waals surface area contributed by atoms with Crippen molar-refractivity contribution in [2.75, 3.05) is 13.2 Å². The minimum atomic E-state index is -0.112. The molecule has 16 heavy (non-hydrogen) atoms. The first-order valence-corrected chi connectivity index (χ1v) is 6.21. The van der Waals surface area contributed by atoms with E-state index in [1.165, 1.54) is 11.3 Å². The van der Waals surface area contributed by atoms with Gasteiger partial charge in [-0.15, -0.1) is 11.3 Å². The number of nitrogens with zero attached hydrogens (tertiary/aromatic N) is 1. The molecule has 2 heterocycles. The summed E-state index contributed by atoms with van der Waals surface area (Å²) < 4.78 is 5.31. The fraction of sp³-hybridized carbons (Fsp3) is 0.455. The minimum absolute atomic E-state index is 0.112. The van der Waals surface area contributed by atoms with Gasteiger partial charge in [-0.2, -0.15) is 0 Å². The molecule has 0 unspecified atom stereocenters. The molecule has 0 saturated heterocycles. The summed E-state index contributed by atoms with van der Waals surface area (Å²) in [5, 5.41) is 2.67. The van der Waals surface area contributed by atoms with Crippen molar-refractivity contribution in [3.8, 4) is 0 Å². The lowest BCUT2D eigenvalue weighted by molar-refractivity contribution is 0.0894. The van der Waals surface area contributed by atoms with E-state index in [2.05, 4.69) is 4.98 Å². The number of aromatic nitrogens is 1. The normalized spacial score (nSPS) is 15.4. The Balaban J connectivity index is 2.10. The van der Waals surface area contributed by atoms with Gasteiger partial charge in [0.1, 0.15) is 5.69 Å². The van der Waals surface area contributed by atoms with Gasteiger partial charge in [0, 0.05) is 11.8 Å². The molecule has 0 aliphatic carbocycles. The predicted octanol–water partition coefficient (Wildman–Crippen LogP) is 1.52. The zero-order valence-electron chi connectivity index (χ0n) is 8.94. The van der Waals surface area contributed by atoms with Gasteiger partial charge in [-0.3, -0.25) is 4.79 Å². The van der Waals surface area contributed by atoms with Crippen molar-refractivity contribution in [1.29, 1.82) is 0 Å². The number of carbonyl (C=O) groups is 1. The average molecular weight is 238 g/mol. The van der Waals surface area contributed by atoms with Crippen LogP contribution in [-0.4, -0.2) is 23.9 Å². The summed E-state index contributed by atoms with van der Waals surface area (Å²) in [6, 6.07) is 0. The van der Waals surface area contributed by atoms with Gasteiger partial charge >= 0.3 is 0 Å². The Kier molecular flexibility index (Phi) is 3.69. The van der Waals surface area contributed by atoms with Crippen LogP contribution in [0.15, 0.2) is 17.2 Å². The molecule has 0 spiro atoms. The van der Waals surface area contributed by atoms with Gasteiger partial charge in [0.05, 0.1) is 11.6 Å². The standard InChI is InChI=1S/C11H14N2O2S/c12-5-4-10-13-8(7-16-10)11(14)9-3-1-2-6-15-9/h3,7H,1-2,4-6,12H2. The highest BCUT2D eigenvalue weighted by Gasteiger charge is 2.18. The molecule has 0 saturated carbocycles. The SMILES string of the molecule is NCCc1nc(C(=O)C2=CCCCO2)cs1. The fourth-order valence-electron chi connectivity index (χ4n) is 1.50. The second-order valence-electron chi connectivity index (χ2n) is 3.55. The van der Waals surface area contributed by atoms with E-state index in [0.29, 0.717) is 24.6 Å². The molecule has 2 rings (SSSR count). The van der Waals surface area contributed by atoms with Crippen LogP contribution < -0.4 is 5.73 Å². The molecular formula is C11H14N2O2S. The summed E-state index contributed by atoms with van der Waals surface area (Å²) in [6.07, 6.45) is 4.44. The minimum Gasteiger partial charge on any atom is -0.490 e. The van der Waals surface area contributed by atoms with Gasteiger partial charge in [0.15, 0.2) is 5.76 Å². The van der Waals surface area contributed by atoms with E-state index in [-0.39, 0.29) is 5.78 Å². The number of hydrogen-bond donors (Lipinski definition) is 1. The third-order valence-corrected chi connectivity index (χ3v) is 3.21. The van der Waals surface area contributed by atoms with Crippen LogP contribution in [0.2, 0.25) is 0 Å². The Labute approximate surface area is 98.1 Å². The van der Waals surface area contributed by atoms with Gasteiger partial charge in [0.25, 0.3) is 0 Å². The molecule has 0 atom stereocenters. The summed E-state index contributed by atoms with van der Waals surface area (Å²) >= 11 is 1.47. The van der Waals surface area contributed by atoms with Crippen molar-refractivity contribution in [2.24, 2.45) is 5.73 Å². The van der Waals surface area contributed by atoms with E-state index in [9.17, 15) is 4.79 Å². The van der Waals surface area contributed by atoms with E-state index in [4.69, 9.17) is 10.5 Å². The molecule has 86 valence electrons. The Morgan fingerprint density at radius 2 is 2.50 bits per heavy atom. The lowest BCUT2D eigenvalue weighted by Crippen LogP contribution is -2.12. The van der Waals surface area contributed by atoms with Crippen molar-refractivity contribution >= 4 is 17.1 Å². The van der Waals surface area contributed by atoms with Crippen molar-refractivity contribution in [3.05, 3.63) is 27.9 Å². The second kappa shape index (κ2) is 5.23. The zero-order chi connectivity index (χ0) is 11.4. The molecule has 1 aliphatic rings. The van der Waals surface area contributed by atoms with Gasteiger partial charge in [-0.25, -0.2) is 4.98 Å². The van der Waals surface area contributed by atoms with Crippen LogP contribution in [0.4, 0.5) is 0 Å². The summed E-state index contributed by atoms with van der Waals surface area (Å²) in [7, 11) is 0. The van der Waals surface area contributed by atoms with Crippen LogP contribution in [0.25, 0.3) is 0 Å². The molecule has 0 aromatic carbocycles. The van der Waals surface area contributed by atoms with E-state index < -0.39 is 0 Å². The van der Waals surface area contributed by atoms with Gasteiger partial charge in [-0.1, -0.05) is 0 Å². The van der Waals surface area contributed by atoms with Crippen molar-refractivity contribution in [2.45, 2.75) is 19.3 Å². The number of rotatable bonds is 4. The number of ether oxygens (including phenoxy) is 1. The maximum atomic E-state index is 11.9. The van der Waals surface area contributed by atoms with E-state index >= 15 is 0 Å². The van der Waals surface area contributed by atoms with Crippen LogP contribution >= 0.6 is 11.3 Å². The molecule has 1 aromatic rings. The number of Topliss-reactive ketones (excluding diaryl/α,β-unsaturated/α-hetero) is 1. The summed E-state index contributed by atoms with van der Waals surface area (Å²) in [5.74, 6) is 0.329. The fourth-order valence-corrected chi connectivity index (χ4v) is 2.29. The highest BCUT2D eigenvalue weighted by Crippen LogP contribution is 2.17. The molecule has 0 fully saturated rings. The first-order chi connectivity index (χ1) is 7.81. The first kappa shape index (κ1) is 11.3. The molecule has 4 nitrogen and oxygen atoms in total. The number of thiazole rings is 1. The third-order valence-electron chi connectivity index (χ3n) is 2.30. The largest absolute Gasteiger partial charge is 0.490 e. The average Bonchev–Trinajstić information content (AvgIpc) is 2.78. The molecule has 5 heteroatoms. The number of allylic oxidation sites excluding steroid dienone is 2. The van der Waals surface area contributed by atoms with Crippen LogP contribution in [0.3, 0.4) is 0 Å². The summed E-state index contributed by atoms with van der Waals surface area (Å²) in [6.45, 7) is 1.18. The molecular weight excluding hydrogens is 224 g/mol. The Morgan fingerprint density at radius 3 is 3.19 bits per heavy atom. The smallest absolute Gasteiger partial charge is 0.246 e. The van der Waals surface area contributed by atoms with E-state index in [1.807, 2.05) is 6.08 Å².